The molecule has 2 heterocycles. The van der Waals surface area contributed by atoms with E-state index in [4.69, 9.17) is 5.84 Å². The third kappa shape index (κ3) is 3.16. The normalized spacial score (nSPS) is 12.8. The van der Waals surface area contributed by atoms with Gasteiger partial charge in [0.1, 0.15) is 5.82 Å². The fraction of sp³-hybridized carbons (Fsp3) is 0.583. The van der Waals surface area contributed by atoms with Gasteiger partial charge in [-0.15, -0.1) is 0 Å². The van der Waals surface area contributed by atoms with E-state index in [9.17, 15) is 0 Å². The molecule has 19 heavy (non-hydrogen) atoms. The molecular formula is C12H20N6S. The van der Waals surface area contributed by atoms with Crippen LogP contribution in [0.5, 0.6) is 0 Å². The monoisotopic (exact) mass is 280 g/mol. The van der Waals surface area contributed by atoms with Gasteiger partial charge in [0.15, 0.2) is 11.5 Å². The summed E-state index contributed by atoms with van der Waals surface area (Å²) in [7, 11) is 1.87. The van der Waals surface area contributed by atoms with Crippen molar-refractivity contribution in [1.82, 2.24) is 19.7 Å². The van der Waals surface area contributed by atoms with E-state index in [1.807, 2.05) is 18.8 Å². The minimum atomic E-state index is 0.636. The Labute approximate surface area is 117 Å². The standard InChI is InChI=1S/C12H20N6S/c1-4-8(2)6-19-7-10-15-11(17-13)9-5-14-18(3)12(9)16-10/h5,8H,4,6-7,13H2,1-3H3,(H,15,16,17). The van der Waals surface area contributed by atoms with Crippen LogP contribution >= 0.6 is 11.8 Å². The van der Waals surface area contributed by atoms with Gasteiger partial charge in [-0.25, -0.2) is 15.8 Å². The van der Waals surface area contributed by atoms with Gasteiger partial charge < -0.3 is 5.43 Å². The summed E-state index contributed by atoms with van der Waals surface area (Å²) in [6, 6.07) is 0. The van der Waals surface area contributed by atoms with Crippen molar-refractivity contribution < 1.29 is 0 Å². The summed E-state index contributed by atoms with van der Waals surface area (Å²) in [4.78, 5) is 8.97. The maximum Gasteiger partial charge on any atom is 0.163 e. The van der Waals surface area contributed by atoms with E-state index in [1.165, 1.54) is 6.42 Å². The van der Waals surface area contributed by atoms with Crippen molar-refractivity contribution >= 4 is 28.6 Å². The largest absolute Gasteiger partial charge is 0.308 e. The van der Waals surface area contributed by atoms with Crippen LogP contribution in [0.4, 0.5) is 5.82 Å². The summed E-state index contributed by atoms with van der Waals surface area (Å²) in [5.74, 6) is 9.57. The second kappa shape index (κ2) is 6.21. The number of nitrogens with two attached hydrogens (primary N) is 1. The number of nitrogen functional groups attached to an aromatic ring is 1. The molecule has 2 aromatic heterocycles. The fourth-order valence-electron chi connectivity index (χ4n) is 1.71. The Hall–Kier alpha value is -1.34. The molecule has 0 aliphatic rings. The zero-order valence-corrected chi connectivity index (χ0v) is 12.4. The smallest absolute Gasteiger partial charge is 0.163 e. The van der Waals surface area contributed by atoms with Gasteiger partial charge >= 0.3 is 0 Å². The molecule has 0 fully saturated rings. The van der Waals surface area contributed by atoms with Crippen LogP contribution in [0.15, 0.2) is 6.20 Å². The molecule has 2 aromatic rings. The first-order valence-electron chi connectivity index (χ1n) is 6.38. The van der Waals surface area contributed by atoms with Gasteiger partial charge in [-0.05, 0) is 11.7 Å². The highest BCUT2D eigenvalue weighted by molar-refractivity contribution is 7.98. The van der Waals surface area contributed by atoms with Crippen LogP contribution in [0.3, 0.4) is 0 Å². The third-order valence-corrected chi connectivity index (χ3v) is 4.37. The van der Waals surface area contributed by atoms with Crippen LogP contribution in [-0.4, -0.2) is 25.5 Å². The van der Waals surface area contributed by atoms with Gasteiger partial charge in [0.25, 0.3) is 0 Å². The van der Waals surface area contributed by atoms with Crippen molar-refractivity contribution in [2.24, 2.45) is 18.8 Å². The molecule has 7 heteroatoms. The molecule has 0 aromatic carbocycles. The van der Waals surface area contributed by atoms with Gasteiger partial charge in [-0.2, -0.15) is 16.9 Å². The molecule has 0 aliphatic carbocycles. The third-order valence-electron chi connectivity index (χ3n) is 3.11. The number of rotatable bonds is 6. The SMILES string of the molecule is CCC(C)CSCc1nc(NN)c2cnn(C)c2n1. The fourth-order valence-corrected chi connectivity index (χ4v) is 2.78. The van der Waals surface area contributed by atoms with Crippen molar-refractivity contribution in [1.29, 1.82) is 0 Å². The van der Waals surface area contributed by atoms with E-state index in [1.54, 1.807) is 10.9 Å². The second-order valence-electron chi connectivity index (χ2n) is 4.67. The molecule has 0 saturated carbocycles. The van der Waals surface area contributed by atoms with Crippen LogP contribution in [-0.2, 0) is 12.8 Å². The summed E-state index contributed by atoms with van der Waals surface area (Å²) in [5, 5.41) is 5.03. The number of thioether (sulfide) groups is 1. The van der Waals surface area contributed by atoms with E-state index in [-0.39, 0.29) is 0 Å². The van der Waals surface area contributed by atoms with Crippen LogP contribution < -0.4 is 11.3 Å². The van der Waals surface area contributed by atoms with Crippen LogP contribution in [0.1, 0.15) is 26.1 Å². The first kappa shape index (κ1) is 14.1. The Morgan fingerprint density at radius 3 is 2.95 bits per heavy atom. The molecule has 6 nitrogen and oxygen atoms in total. The molecule has 0 amide bonds. The topological polar surface area (TPSA) is 81.6 Å². The van der Waals surface area contributed by atoms with Gasteiger partial charge in [-0.1, -0.05) is 20.3 Å². The lowest BCUT2D eigenvalue weighted by Gasteiger charge is -2.08. The van der Waals surface area contributed by atoms with Crippen molar-refractivity contribution in [3.05, 3.63) is 12.0 Å². The summed E-state index contributed by atoms with van der Waals surface area (Å²) in [6.07, 6.45) is 2.92. The van der Waals surface area contributed by atoms with Crippen LogP contribution in [0, 0.1) is 5.92 Å². The molecule has 0 spiro atoms. The average Bonchev–Trinajstić information content (AvgIpc) is 2.79. The first-order valence-corrected chi connectivity index (χ1v) is 7.54. The van der Waals surface area contributed by atoms with Gasteiger partial charge in [0.05, 0.1) is 17.3 Å². The van der Waals surface area contributed by atoms with Gasteiger partial charge in [0.2, 0.25) is 0 Å². The predicted octanol–water partition coefficient (Wildman–Crippen LogP) is 1.93. The van der Waals surface area contributed by atoms with Crippen LogP contribution in [0.2, 0.25) is 0 Å². The number of hydrogen-bond donors (Lipinski definition) is 2. The van der Waals surface area contributed by atoms with E-state index in [0.29, 0.717) is 5.82 Å². The van der Waals surface area contributed by atoms with Crippen LogP contribution in [0.25, 0.3) is 11.0 Å². The van der Waals surface area contributed by atoms with Crippen molar-refractivity contribution in [2.45, 2.75) is 26.0 Å². The molecule has 3 N–H and O–H groups in total. The Morgan fingerprint density at radius 2 is 2.26 bits per heavy atom. The zero-order valence-electron chi connectivity index (χ0n) is 11.6. The van der Waals surface area contributed by atoms with Crippen molar-refractivity contribution in [2.75, 3.05) is 11.2 Å². The van der Waals surface area contributed by atoms with Crippen molar-refractivity contribution in [3.63, 3.8) is 0 Å². The molecule has 1 atom stereocenters. The Kier molecular flexibility index (Phi) is 4.60. The number of nitrogens with one attached hydrogen (secondary N) is 1. The molecule has 0 bridgehead atoms. The Morgan fingerprint density at radius 1 is 1.47 bits per heavy atom. The van der Waals surface area contributed by atoms with Gasteiger partial charge in [0, 0.05) is 7.05 Å². The van der Waals surface area contributed by atoms with E-state index >= 15 is 0 Å². The Bertz CT molecular complexity index is 552. The lowest BCUT2D eigenvalue weighted by atomic mass is 10.2. The van der Waals surface area contributed by atoms with E-state index in [0.717, 1.165) is 34.3 Å². The Balaban J connectivity index is 2.17. The summed E-state index contributed by atoms with van der Waals surface area (Å²) in [6.45, 7) is 4.46. The lowest BCUT2D eigenvalue weighted by Crippen LogP contribution is -2.11. The molecule has 1 unspecified atom stereocenters. The highest BCUT2D eigenvalue weighted by Gasteiger charge is 2.11. The minimum absolute atomic E-state index is 0.636. The van der Waals surface area contributed by atoms with Crippen molar-refractivity contribution in [3.8, 4) is 0 Å². The van der Waals surface area contributed by atoms with Gasteiger partial charge in [-0.3, -0.25) is 4.68 Å². The zero-order chi connectivity index (χ0) is 13.8. The highest BCUT2D eigenvalue weighted by atomic mass is 32.2. The predicted molar refractivity (Wildman–Crippen MR) is 79.7 cm³/mol. The number of aromatic nitrogens is 4. The number of hydrazine groups is 1. The van der Waals surface area contributed by atoms with E-state index in [2.05, 4.69) is 34.3 Å². The maximum atomic E-state index is 5.51. The summed E-state index contributed by atoms with van der Waals surface area (Å²) >= 11 is 1.85. The summed E-state index contributed by atoms with van der Waals surface area (Å²) in [5.41, 5.74) is 3.43. The maximum absolute atomic E-state index is 5.51. The number of anilines is 1. The molecule has 0 aliphatic heterocycles. The lowest BCUT2D eigenvalue weighted by molar-refractivity contribution is 0.636. The number of hydrogen-bond acceptors (Lipinski definition) is 6. The first-order chi connectivity index (χ1) is 9.15. The molecule has 0 radical (unpaired) electrons. The number of fused-ring (bicyclic) bond motifs is 1. The molecule has 104 valence electrons. The number of aryl methyl sites for hydroxylation is 1. The molecule has 0 saturated heterocycles. The number of nitrogens with zero attached hydrogens (tertiary/aromatic N) is 4. The van der Waals surface area contributed by atoms with E-state index < -0.39 is 0 Å². The minimum Gasteiger partial charge on any atom is -0.308 e. The summed E-state index contributed by atoms with van der Waals surface area (Å²) < 4.78 is 1.74. The molecule has 2 rings (SSSR count). The highest BCUT2D eigenvalue weighted by Crippen LogP contribution is 2.21. The average molecular weight is 280 g/mol. The second-order valence-corrected chi connectivity index (χ2v) is 5.70. The quantitative estimate of drug-likeness (QED) is 0.621. The molecular weight excluding hydrogens is 260 g/mol.